The molecule has 0 spiro atoms. The van der Waals surface area contributed by atoms with Crippen molar-refractivity contribution in [2.45, 2.75) is 65.7 Å². The largest absolute Gasteiger partial charge is 0.486 e. The van der Waals surface area contributed by atoms with Gasteiger partial charge in [0.25, 0.3) is 0 Å². The molecule has 10 heteroatoms. The van der Waals surface area contributed by atoms with Crippen LogP contribution in [0.5, 0.6) is 11.5 Å². The van der Waals surface area contributed by atoms with Gasteiger partial charge in [-0.1, -0.05) is 30.3 Å². The zero-order valence-corrected chi connectivity index (χ0v) is 25.9. The number of rotatable bonds is 8. The summed E-state index contributed by atoms with van der Waals surface area (Å²) < 4.78 is 25.1. The highest BCUT2D eigenvalue weighted by molar-refractivity contribution is 5.91. The van der Waals surface area contributed by atoms with Crippen molar-refractivity contribution in [2.24, 2.45) is 0 Å². The predicted octanol–water partition coefficient (Wildman–Crippen LogP) is 6.14. The average Bonchev–Trinajstić information content (AvgIpc) is 3.29. The Balaban J connectivity index is 1.44. The molecule has 1 saturated heterocycles. The van der Waals surface area contributed by atoms with Crippen molar-refractivity contribution < 1.29 is 28.5 Å². The van der Waals surface area contributed by atoms with E-state index in [1.165, 1.54) is 0 Å². The van der Waals surface area contributed by atoms with Crippen LogP contribution in [0.4, 0.5) is 4.79 Å². The van der Waals surface area contributed by atoms with Gasteiger partial charge in [0.05, 0.1) is 29.3 Å². The highest BCUT2D eigenvalue weighted by Gasteiger charge is 2.28. The summed E-state index contributed by atoms with van der Waals surface area (Å²) in [5, 5.41) is 11.5. The Hall–Kier alpha value is -4.78. The smallest absolute Gasteiger partial charge is 0.410 e. The third-order valence-corrected chi connectivity index (χ3v) is 7.51. The average molecular weight is 599 g/mol. The summed E-state index contributed by atoms with van der Waals surface area (Å²) in [4.78, 5) is 31.2. The molecule has 0 aliphatic carbocycles. The minimum absolute atomic E-state index is 0.170. The van der Waals surface area contributed by atoms with Gasteiger partial charge in [0.2, 0.25) is 0 Å². The van der Waals surface area contributed by atoms with Crippen molar-refractivity contribution in [1.29, 1.82) is 5.26 Å². The molecule has 4 aromatic rings. The molecule has 3 aromatic carbocycles. The molecule has 5 rings (SSSR count). The topological polar surface area (TPSA) is 116 Å². The van der Waals surface area contributed by atoms with Crippen molar-refractivity contribution in [3.05, 3.63) is 65.5 Å². The van der Waals surface area contributed by atoms with Crippen molar-refractivity contribution in [1.82, 2.24) is 14.5 Å². The van der Waals surface area contributed by atoms with Gasteiger partial charge in [0, 0.05) is 44.6 Å². The third-order valence-electron chi connectivity index (χ3n) is 7.51. The van der Waals surface area contributed by atoms with E-state index < -0.39 is 11.6 Å². The number of imidazole rings is 1. The lowest BCUT2D eigenvalue weighted by molar-refractivity contribution is -0.145. The van der Waals surface area contributed by atoms with Gasteiger partial charge in [-0.3, -0.25) is 0 Å². The number of aromatic nitrogens is 2. The number of carbonyl (C=O) groups excluding carboxylic acids is 2. The van der Waals surface area contributed by atoms with Gasteiger partial charge in [-0.15, -0.1) is 0 Å². The van der Waals surface area contributed by atoms with Gasteiger partial charge >= 0.3 is 12.1 Å². The minimum Gasteiger partial charge on any atom is -0.486 e. The summed E-state index contributed by atoms with van der Waals surface area (Å²) in [6.45, 7) is 10.8. The van der Waals surface area contributed by atoms with Crippen LogP contribution in [-0.4, -0.2) is 64.5 Å². The fourth-order valence-corrected chi connectivity index (χ4v) is 5.43. The van der Waals surface area contributed by atoms with Crippen LogP contribution in [-0.2, 0) is 20.8 Å². The number of aryl methyl sites for hydroxylation is 1. The molecule has 0 unspecified atom stereocenters. The fraction of sp³-hybridized carbons (Fsp3) is 0.412. The number of carbonyl (C=O) groups is 2. The van der Waals surface area contributed by atoms with Gasteiger partial charge in [-0.05, 0) is 57.0 Å². The van der Waals surface area contributed by atoms with E-state index in [0.717, 1.165) is 27.7 Å². The van der Waals surface area contributed by atoms with Crippen LogP contribution < -0.4 is 9.47 Å². The summed E-state index contributed by atoms with van der Waals surface area (Å²) in [6.07, 6.45) is 0.732. The molecule has 0 radical (unpaired) electrons. The first kappa shape index (κ1) is 30.7. The van der Waals surface area contributed by atoms with Crippen LogP contribution in [0, 0.1) is 18.3 Å². The Morgan fingerprint density at radius 2 is 1.77 bits per heavy atom. The van der Waals surface area contributed by atoms with Crippen LogP contribution in [0.15, 0.2) is 48.5 Å². The van der Waals surface area contributed by atoms with Crippen molar-refractivity contribution in [3.8, 4) is 17.6 Å². The van der Waals surface area contributed by atoms with E-state index in [-0.39, 0.29) is 25.4 Å². The standard InChI is InChI=1S/C34H38N4O6/c1-6-41-32(39)21-42-30-17-28-29(18-31(30)43-25-13-15-37(16-14-25)33(40)44-34(3,4)5)38(22(2)36-28)20-24-12-11-23(19-35)26-9-7-8-10-27(24)26/h7-12,17-18,25H,6,13-16,20-21H2,1-5H3. The molecule has 0 bridgehead atoms. The number of likely N-dealkylation sites (tertiary alicyclic amines) is 1. The number of piperidine rings is 1. The number of amides is 1. The molecule has 44 heavy (non-hydrogen) atoms. The van der Waals surface area contributed by atoms with Crippen molar-refractivity contribution in [3.63, 3.8) is 0 Å². The van der Waals surface area contributed by atoms with E-state index in [4.69, 9.17) is 23.9 Å². The molecule has 0 saturated carbocycles. The van der Waals surface area contributed by atoms with Crippen LogP contribution >= 0.6 is 0 Å². The lowest BCUT2D eigenvalue weighted by Gasteiger charge is -2.33. The van der Waals surface area contributed by atoms with Gasteiger partial charge in [-0.2, -0.15) is 5.26 Å². The normalized spacial score (nSPS) is 14.0. The Morgan fingerprint density at radius 3 is 2.45 bits per heavy atom. The number of nitrogens with zero attached hydrogens (tertiary/aromatic N) is 4. The maximum Gasteiger partial charge on any atom is 0.410 e. The van der Waals surface area contributed by atoms with Gasteiger partial charge in [-0.25, -0.2) is 14.6 Å². The minimum atomic E-state index is -0.559. The SMILES string of the molecule is CCOC(=O)COc1cc2nc(C)n(Cc3ccc(C#N)c4ccccc34)c2cc1OC1CCN(C(=O)OC(C)(C)C)CC1. The highest BCUT2D eigenvalue weighted by Crippen LogP contribution is 2.36. The second-order valence-electron chi connectivity index (χ2n) is 11.8. The van der Waals surface area contributed by atoms with Crippen molar-refractivity contribution in [2.75, 3.05) is 26.3 Å². The molecule has 0 N–H and O–H groups in total. The number of fused-ring (bicyclic) bond motifs is 2. The van der Waals surface area contributed by atoms with Gasteiger partial charge in [0.1, 0.15) is 17.5 Å². The Labute approximate surface area is 257 Å². The zero-order valence-electron chi connectivity index (χ0n) is 25.9. The van der Waals surface area contributed by atoms with E-state index >= 15 is 0 Å². The molecular weight excluding hydrogens is 560 g/mol. The first-order valence-corrected chi connectivity index (χ1v) is 14.9. The molecule has 1 amide bonds. The zero-order chi connectivity index (χ0) is 31.4. The second-order valence-corrected chi connectivity index (χ2v) is 11.8. The van der Waals surface area contributed by atoms with E-state index in [9.17, 15) is 14.9 Å². The first-order valence-electron chi connectivity index (χ1n) is 14.9. The lowest BCUT2D eigenvalue weighted by Crippen LogP contribution is -2.44. The number of nitriles is 1. The number of hydrogen-bond donors (Lipinski definition) is 0. The monoisotopic (exact) mass is 598 g/mol. The van der Waals surface area contributed by atoms with Gasteiger partial charge in [0.15, 0.2) is 18.1 Å². The van der Waals surface area contributed by atoms with E-state index in [1.54, 1.807) is 17.9 Å². The summed E-state index contributed by atoms with van der Waals surface area (Å²) in [5.41, 5.74) is 2.68. The van der Waals surface area contributed by atoms with Crippen LogP contribution in [0.1, 0.15) is 57.5 Å². The summed E-state index contributed by atoms with van der Waals surface area (Å²) in [6, 6.07) is 17.7. The second kappa shape index (κ2) is 12.8. The maximum atomic E-state index is 12.6. The Bertz CT molecular complexity index is 1720. The quantitative estimate of drug-likeness (QED) is 0.222. The van der Waals surface area contributed by atoms with Crippen LogP contribution in [0.3, 0.4) is 0 Å². The number of ether oxygens (including phenoxy) is 4. The predicted molar refractivity (Wildman–Crippen MR) is 166 cm³/mol. The molecular formula is C34H38N4O6. The number of benzene rings is 3. The lowest BCUT2D eigenvalue weighted by atomic mass is 10.00. The highest BCUT2D eigenvalue weighted by atomic mass is 16.6. The maximum absolute atomic E-state index is 12.6. The number of esters is 1. The Morgan fingerprint density at radius 1 is 1.05 bits per heavy atom. The molecule has 1 aliphatic rings. The van der Waals surface area contributed by atoms with E-state index in [1.807, 2.05) is 70.2 Å². The Kier molecular flexibility index (Phi) is 8.95. The molecule has 2 heterocycles. The molecule has 1 aromatic heterocycles. The van der Waals surface area contributed by atoms with Crippen molar-refractivity contribution >= 4 is 33.9 Å². The summed E-state index contributed by atoms with van der Waals surface area (Å²) in [7, 11) is 0. The van der Waals surface area contributed by atoms with Gasteiger partial charge < -0.3 is 28.4 Å². The summed E-state index contributed by atoms with van der Waals surface area (Å²) >= 11 is 0. The third kappa shape index (κ3) is 6.88. The van der Waals surface area contributed by atoms with Crippen LogP contribution in [0.2, 0.25) is 0 Å². The van der Waals surface area contributed by atoms with E-state index in [2.05, 4.69) is 10.6 Å². The molecule has 10 nitrogen and oxygen atoms in total. The van der Waals surface area contributed by atoms with Crippen LogP contribution in [0.25, 0.3) is 21.8 Å². The molecule has 1 fully saturated rings. The molecule has 1 aliphatic heterocycles. The fourth-order valence-electron chi connectivity index (χ4n) is 5.43. The van der Waals surface area contributed by atoms with E-state index in [0.29, 0.717) is 55.1 Å². The summed E-state index contributed by atoms with van der Waals surface area (Å²) in [5.74, 6) is 1.21. The molecule has 230 valence electrons. The molecule has 0 atom stereocenters. The first-order chi connectivity index (χ1) is 21.1. The number of hydrogen-bond acceptors (Lipinski definition) is 8.